The molecule has 0 aliphatic carbocycles. The predicted octanol–water partition coefficient (Wildman–Crippen LogP) is 1.08. The Morgan fingerprint density at radius 1 is 1.27 bits per heavy atom. The Bertz CT molecular complexity index is 1100. The van der Waals surface area contributed by atoms with E-state index in [-0.39, 0.29) is 10.9 Å². The highest BCUT2D eigenvalue weighted by atomic mass is 32.2. The number of rotatable bonds is 4. The first-order valence-corrected chi connectivity index (χ1v) is 9.70. The fourth-order valence-electron chi connectivity index (χ4n) is 3.17. The third-order valence-electron chi connectivity index (χ3n) is 4.56. The molecule has 136 valence electrons. The van der Waals surface area contributed by atoms with E-state index in [0.29, 0.717) is 24.1 Å². The summed E-state index contributed by atoms with van der Waals surface area (Å²) < 4.78 is 34.5. The van der Waals surface area contributed by atoms with Crippen LogP contribution in [0.2, 0.25) is 0 Å². The van der Waals surface area contributed by atoms with Crippen LogP contribution in [-0.2, 0) is 17.1 Å². The lowest BCUT2D eigenvalue weighted by molar-refractivity contribution is 0.528. The SMILES string of the molecule is Cn1c(=O)oc2ccc(S(=O)(=O)NC3CCN(c4ccccn4)C3)cc21. The number of aromatic nitrogens is 2. The molecular weight excluding hydrogens is 356 g/mol. The average molecular weight is 374 g/mol. The zero-order chi connectivity index (χ0) is 18.3. The molecule has 1 fully saturated rings. The topological polar surface area (TPSA) is 97.4 Å². The van der Waals surface area contributed by atoms with Crippen molar-refractivity contribution in [2.24, 2.45) is 7.05 Å². The predicted molar refractivity (Wildman–Crippen MR) is 96.6 cm³/mol. The highest BCUT2D eigenvalue weighted by Gasteiger charge is 2.28. The van der Waals surface area contributed by atoms with Crippen LogP contribution in [0.3, 0.4) is 0 Å². The van der Waals surface area contributed by atoms with E-state index in [1.807, 2.05) is 18.2 Å². The van der Waals surface area contributed by atoms with E-state index in [0.717, 1.165) is 12.4 Å². The van der Waals surface area contributed by atoms with E-state index in [1.165, 1.54) is 22.8 Å². The third-order valence-corrected chi connectivity index (χ3v) is 6.07. The molecule has 0 radical (unpaired) electrons. The number of hydrogen-bond donors (Lipinski definition) is 1. The largest absolute Gasteiger partial charge is 0.419 e. The van der Waals surface area contributed by atoms with Gasteiger partial charge >= 0.3 is 5.76 Å². The first-order valence-electron chi connectivity index (χ1n) is 8.22. The second kappa shape index (κ2) is 6.26. The standard InChI is InChI=1S/C17H18N4O4S/c1-20-14-10-13(5-6-15(14)25-17(20)22)26(23,24)19-12-7-9-21(11-12)16-4-2-3-8-18-16/h2-6,8,10,12,19H,7,9,11H2,1H3. The van der Waals surface area contributed by atoms with Crippen LogP contribution in [0, 0.1) is 0 Å². The number of aryl methyl sites for hydroxylation is 1. The van der Waals surface area contributed by atoms with E-state index in [2.05, 4.69) is 14.6 Å². The number of sulfonamides is 1. The maximum Gasteiger partial charge on any atom is 0.419 e. The van der Waals surface area contributed by atoms with Crippen LogP contribution in [0.5, 0.6) is 0 Å². The highest BCUT2D eigenvalue weighted by Crippen LogP contribution is 2.21. The Hall–Kier alpha value is -2.65. The second-order valence-electron chi connectivity index (χ2n) is 6.30. The number of pyridine rings is 1. The maximum absolute atomic E-state index is 12.7. The molecule has 9 heteroatoms. The number of benzene rings is 1. The molecule has 0 bridgehead atoms. The molecule has 1 aliphatic heterocycles. The first-order chi connectivity index (χ1) is 12.4. The van der Waals surface area contributed by atoms with Gasteiger partial charge in [0.05, 0.1) is 10.4 Å². The van der Waals surface area contributed by atoms with Crippen LogP contribution >= 0.6 is 0 Å². The molecule has 1 aromatic carbocycles. The van der Waals surface area contributed by atoms with Crippen LogP contribution < -0.4 is 15.4 Å². The number of nitrogens with one attached hydrogen (secondary N) is 1. The van der Waals surface area contributed by atoms with Crippen molar-refractivity contribution in [3.63, 3.8) is 0 Å². The normalized spacial score (nSPS) is 17.9. The Balaban J connectivity index is 1.54. The van der Waals surface area contributed by atoms with Gasteiger partial charge in [0.2, 0.25) is 10.0 Å². The monoisotopic (exact) mass is 374 g/mol. The summed E-state index contributed by atoms with van der Waals surface area (Å²) in [5.41, 5.74) is 0.804. The number of nitrogens with zero attached hydrogens (tertiary/aromatic N) is 3. The van der Waals surface area contributed by atoms with Crippen LogP contribution in [0.15, 0.2) is 56.7 Å². The van der Waals surface area contributed by atoms with Gasteiger partial charge in [0.1, 0.15) is 5.82 Å². The van der Waals surface area contributed by atoms with E-state index in [4.69, 9.17) is 4.42 Å². The number of fused-ring (bicyclic) bond motifs is 1. The molecule has 1 saturated heterocycles. The summed E-state index contributed by atoms with van der Waals surface area (Å²) in [6.07, 6.45) is 2.42. The van der Waals surface area contributed by atoms with Crippen molar-refractivity contribution in [2.45, 2.75) is 17.4 Å². The average Bonchev–Trinajstić information content (AvgIpc) is 3.20. The van der Waals surface area contributed by atoms with Crippen molar-refractivity contribution in [1.82, 2.24) is 14.3 Å². The van der Waals surface area contributed by atoms with Crippen molar-refractivity contribution in [1.29, 1.82) is 0 Å². The maximum atomic E-state index is 12.7. The summed E-state index contributed by atoms with van der Waals surface area (Å²) in [7, 11) is -2.16. The Kier molecular flexibility index (Phi) is 4.04. The molecular formula is C17H18N4O4S. The fraction of sp³-hybridized carbons (Fsp3) is 0.294. The molecule has 3 heterocycles. The molecule has 3 aromatic rings. The first kappa shape index (κ1) is 16.8. The van der Waals surface area contributed by atoms with E-state index in [9.17, 15) is 13.2 Å². The van der Waals surface area contributed by atoms with Gasteiger partial charge in [0.15, 0.2) is 5.58 Å². The number of anilines is 1. The number of hydrogen-bond acceptors (Lipinski definition) is 6. The molecule has 0 amide bonds. The van der Waals surface area contributed by atoms with Crippen LogP contribution in [-0.4, -0.2) is 37.1 Å². The van der Waals surface area contributed by atoms with E-state index < -0.39 is 15.8 Å². The quantitative estimate of drug-likeness (QED) is 0.734. The molecule has 0 saturated carbocycles. The van der Waals surface area contributed by atoms with Crippen molar-refractivity contribution >= 4 is 26.9 Å². The summed E-state index contributed by atoms with van der Waals surface area (Å²) in [4.78, 5) is 18.0. The van der Waals surface area contributed by atoms with Gasteiger partial charge in [-0.25, -0.2) is 22.9 Å². The van der Waals surface area contributed by atoms with Crippen molar-refractivity contribution in [2.75, 3.05) is 18.0 Å². The van der Waals surface area contributed by atoms with E-state index >= 15 is 0 Å². The Labute approximate surface area is 150 Å². The molecule has 1 unspecified atom stereocenters. The Morgan fingerprint density at radius 3 is 2.88 bits per heavy atom. The van der Waals surface area contributed by atoms with Gasteiger partial charge < -0.3 is 9.32 Å². The second-order valence-corrected chi connectivity index (χ2v) is 8.01. The van der Waals surface area contributed by atoms with Gasteiger partial charge in [-0.05, 0) is 36.8 Å². The summed E-state index contributed by atoms with van der Waals surface area (Å²) in [6, 6.07) is 9.85. The minimum atomic E-state index is -3.70. The van der Waals surface area contributed by atoms with Gasteiger partial charge in [-0.3, -0.25) is 4.57 Å². The summed E-state index contributed by atoms with van der Waals surface area (Å²) in [5, 5.41) is 0. The Morgan fingerprint density at radius 2 is 2.12 bits per heavy atom. The van der Waals surface area contributed by atoms with Gasteiger partial charge in [-0.1, -0.05) is 6.07 Å². The molecule has 26 heavy (non-hydrogen) atoms. The molecule has 8 nitrogen and oxygen atoms in total. The van der Waals surface area contributed by atoms with Crippen LogP contribution in [0.4, 0.5) is 5.82 Å². The van der Waals surface area contributed by atoms with Crippen molar-refractivity contribution in [3.05, 3.63) is 53.1 Å². The highest BCUT2D eigenvalue weighted by molar-refractivity contribution is 7.89. The van der Waals surface area contributed by atoms with Crippen LogP contribution in [0.25, 0.3) is 11.1 Å². The summed E-state index contributed by atoms with van der Waals surface area (Å²) >= 11 is 0. The number of oxazole rings is 1. The molecule has 2 aromatic heterocycles. The fourth-order valence-corrected chi connectivity index (χ4v) is 4.45. The van der Waals surface area contributed by atoms with E-state index in [1.54, 1.807) is 13.2 Å². The molecule has 1 N–H and O–H groups in total. The smallest absolute Gasteiger partial charge is 0.408 e. The molecule has 0 spiro atoms. The van der Waals surface area contributed by atoms with Crippen LogP contribution in [0.1, 0.15) is 6.42 Å². The third kappa shape index (κ3) is 2.99. The minimum absolute atomic E-state index is 0.109. The van der Waals surface area contributed by atoms with Gasteiger partial charge in [0, 0.05) is 32.4 Å². The van der Waals surface area contributed by atoms with Crippen molar-refractivity contribution < 1.29 is 12.8 Å². The zero-order valence-corrected chi connectivity index (χ0v) is 14.9. The van der Waals surface area contributed by atoms with Gasteiger partial charge in [0.25, 0.3) is 0 Å². The van der Waals surface area contributed by atoms with Crippen molar-refractivity contribution in [3.8, 4) is 0 Å². The lowest BCUT2D eigenvalue weighted by Crippen LogP contribution is -2.37. The van der Waals surface area contributed by atoms with Gasteiger partial charge in [-0.2, -0.15) is 0 Å². The lowest BCUT2D eigenvalue weighted by Gasteiger charge is -2.17. The minimum Gasteiger partial charge on any atom is -0.408 e. The lowest BCUT2D eigenvalue weighted by atomic mass is 10.3. The summed E-state index contributed by atoms with van der Waals surface area (Å²) in [6.45, 7) is 1.29. The summed E-state index contributed by atoms with van der Waals surface area (Å²) in [5.74, 6) is 0.313. The zero-order valence-electron chi connectivity index (χ0n) is 14.1. The molecule has 1 aliphatic rings. The molecule has 4 rings (SSSR count). The molecule has 1 atom stereocenters. The van der Waals surface area contributed by atoms with Gasteiger partial charge in [-0.15, -0.1) is 0 Å².